The van der Waals surface area contributed by atoms with Crippen LogP contribution in [0.25, 0.3) is 0 Å². The van der Waals surface area contributed by atoms with E-state index in [0.29, 0.717) is 11.9 Å². The normalized spacial score (nSPS) is 16.3. The van der Waals surface area contributed by atoms with Crippen LogP contribution in [0.3, 0.4) is 0 Å². The zero-order chi connectivity index (χ0) is 37.6. The van der Waals surface area contributed by atoms with Crippen LogP contribution in [0.2, 0.25) is 0 Å². The topological polar surface area (TPSA) is 153 Å². The molecule has 0 saturated carbocycles. The van der Waals surface area contributed by atoms with Gasteiger partial charge in [0.25, 0.3) is 0 Å². The third-order valence-corrected chi connectivity index (χ3v) is 13.6. The van der Waals surface area contributed by atoms with E-state index in [2.05, 4.69) is 0 Å². The largest absolute Gasteiger partial charge is 0.427 e. The van der Waals surface area contributed by atoms with Crippen LogP contribution >= 0.6 is 18.8 Å². The molecular weight excluding hydrogens is 699 g/mol. The molecular formula is C40H41N2O8PS. The van der Waals surface area contributed by atoms with Crippen LogP contribution in [0.5, 0.6) is 0 Å². The highest BCUT2D eigenvalue weighted by atomic mass is 32.2. The summed E-state index contributed by atoms with van der Waals surface area (Å²) in [7, 11) is 0. The predicted octanol–water partition coefficient (Wildman–Crippen LogP) is 4.43. The summed E-state index contributed by atoms with van der Waals surface area (Å²) in [5, 5.41) is 18.1. The highest BCUT2D eigenvalue weighted by Gasteiger charge is 2.55. The van der Waals surface area contributed by atoms with Crippen molar-refractivity contribution in [2.45, 2.75) is 46.3 Å². The lowest BCUT2D eigenvalue weighted by molar-refractivity contribution is -0.171. The molecule has 0 aromatic heterocycles. The van der Waals surface area contributed by atoms with E-state index in [1.165, 1.54) is 17.9 Å². The van der Waals surface area contributed by atoms with E-state index in [-0.39, 0.29) is 23.0 Å². The molecule has 0 aliphatic carbocycles. The van der Waals surface area contributed by atoms with E-state index < -0.39 is 65.9 Å². The van der Waals surface area contributed by atoms with Gasteiger partial charge in [0.1, 0.15) is 5.42 Å². The van der Waals surface area contributed by atoms with Crippen LogP contribution in [-0.2, 0) is 23.9 Å². The average molecular weight is 741 g/mol. The van der Waals surface area contributed by atoms with Gasteiger partial charge in [-0.2, -0.15) is 0 Å². The minimum absolute atomic E-state index is 0.0360. The van der Waals surface area contributed by atoms with Gasteiger partial charge in [0.05, 0.1) is 23.5 Å². The number of Topliss-reactive ketones (excluding diaryl/α,β-unsaturated/α-hetero) is 1. The lowest BCUT2D eigenvalue weighted by Gasteiger charge is -2.50. The second-order valence-electron chi connectivity index (χ2n) is 13.4. The Bertz CT molecular complexity index is 1910. The van der Waals surface area contributed by atoms with Gasteiger partial charge >= 0.3 is 11.9 Å². The second-order valence-corrected chi connectivity index (χ2v) is 17.3. The molecule has 1 fully saturated rings. The van der Waals surface area contributed by atoms with Gasteiger partial charge in [-0.25, -0.2) is 4.79 Å². The van der Waals surface area contributed by atoms with Gasteiger partial charge < -0.3 is 19.5 Å². The molecule has 0 radical (unpaired) electrons. The molecule has 270 valence electrons. The summed E-state index contributed by atoms with van der Waals surface area (Å²) in [5.74, 6) is -3.54. The fourth-order valence-electron chi connectivity index (χ4n) is 6.35. The molecule has 52 heavy (non-hydrogen) atoms. The maximum absolute atomic E-state index is 14.8. The number of benzene rings is 4. The molecule has 1 aliphatic rings. The number of nitrogens with two attached hydrogens (primary N) is 1. The van der Waals surface area contributed by atoms with Crippen LogP contribution in [0.1, 0.15) is 54.8 Å². The van der Waals surface area contributed by atoms with Crippen molar-refractivity contribution in [3.05, 3.63) is 126 Å². The number of esters is 2. The Hall–Kier alpha value is -4.80. The summed E-state index contributed by atoms with van der Waals surface area (Å²) >= 11 is 0.527. The molecule has 0 unspecified atom stereocenters. The number of β-lactam (4-membered cyclic amide) rings is 1. The number of aliphatic hydroxyl groups is 1. The zero-order valence-electron chi connectivity index (χ0n) is 29.3. The first kappa shape index (κ1) is 38.4. The first-order chi connectivity index (χ1) is 24.8. The van der Waals surface area contributed by atoms with Crippen molar-refractivity contribution in [3.63, 3.8) is 0 Å². The molecule has 1 heterocycles. The van der Waals surface area contributed by atoms with Gasteiger partial charge in [-0.3, -0.25) is 24.3 Å². The number of hydrogen-bond acceptors (Lipinski definition) is 10. The molecule has 4 aromatic carbocycles. The number of carbonyl (C=O) groups is 5. The smallest absolute Gasteiger partial charge is 0.358 e. The number of ether oxygens (including phenoxy) is 2. The number of carbonyl (C=O) groups excluding carboxylic acids is 5. The summed E-state index contributed by atoms with van der Waals surface area (Å²) in [6, 6.07) is 33.0. The second kappa shape index (κ2) is 16.3. The molecule has 4 aromatic rings. The highest BCUT2D eigenvalue weighted by molar-refractivity contribution is 8.12. The van der Waals surface area contributed by atoms with E-state index in [1.807, 2.05) is 91.0 Å². The van der Waals surface area contributed by atoms with Crippen molar-refractivity contribution < 1.29 is 38.6 Å². The van der Waals surface area contributed by atoms with Crippen molar-refractivity contribution in [1.82, 2.24) is 4.90 Å². The Balaban J connectivity index is 1.78. The number of hydrogen-bond donors (Lipinski definition) is 2. The Labute approximate surface area is 307 Å². The molecule has 12 heteroatoms. The lowest BCUT2D eigenvalue weighted by atomic mass is 9.79. The van der Waals surface area contributed by atoms with Crippen LogP contribution in [0.15, 0.2) is 115 Å². The van der Waals surface area contributed by atoms with Crippen molar-refractivity contribution in [2.75, 3.05) is 6.79 Å². The monoisotopic (exact) mass is 740 g/mol. The van der Waals surface area contributed by atoms with Crippen LogP contribution < -0.4 is 21.1 Å². The van der Waals surface area contributed by atoms with Crippen LogP contribution in [0.4, 0.5) is 0 Å². The minimum Gasteiger partial charge on any atom is -0.427 e. The van der Waals surface area contributed by atoms with Gasteiger partial charge in [0.2, 0.25) is 17.8 Å². The number of amides is 1. The number of aliphatic hydroxyl groups excluding tert-OH is 1. The summed E-state index contributed by atoms with van der Waals surface area (Å²) in [6.45, 7) is 2.40. The van der Waals surface area contributed by atoms with Crippen molar-refractivity contribution in [3.8, 4) is 0 Å². The van der Waals surface area contributed by atoms with Gasteiger partial charge in [-0.1, -0.05) is 109 Å². The quantitative estimate of drug-likeness (QED) is 0.0533. The van der Waals surface area contributed by atoms with E-state index in [1.54, 1.807) is 39.0 Å². The molecule has 5 rings (SSSR count). The average Bonchev–Trinajstić information content (AvgIpc) is 3.14. The molecule has 10 nitrogen and oxygen atoms in total. The first-order valence-electron chi connectivity index (χ1n) is 16.7. The number of rotatable bonds is 12. The number of nitrogens with zero attached hydrogens (tertiary/aromatic N) is 1. The molecule has 1 amide bonds. The highest BCUT2D eigenvalue weighted by Crippen LogP contribution is 2.50. The van der Waals surface area contributed by atoms with Crippen molar-refractivity contribution in [2.24, 2.45) is 16.5 Å². The van der Waals surface area contributed by atoms with Crippen molar-refractivity contribution in [1.29, 1.82) is 0 Å². The molecule has 1 saturated heterocycles. The van der Waals surface area contributed by atoms with Crippen LogP contribution in [-0.4, -0.2) is 63.1 Å². The minimum atomic E-state index is -3.36. The standard InChI is InChI=1S/C40H41N2O8PS/c1-26(43)34-32(24-33(44)27-15-14-16-28(23-27)38(47)52-41)42(35(34)45)36(37(46)49-25-50-39(48)40(2,3)4)51(29-17-8-5-9-18-29,30-19-10-6-11-20-30)31-21-12-7-13-22-31/h5-23,26,32,34,43H,24-25,41H2,1-4H3/t26-,32-,34-/m1/s1. The first-order valence-corrected chi connectivity index (χ1v) is 19.3. The SMILES string of the molecule is C[C@@H](O)[C@H]1C(=O)N(C(C(=O)OCOC(=O)C(C)(C)C)=P(c2ccccc2)(c2ccccc2)c2ccccc2)[C@@H]1CC(=O)c1cccc(C(=O)SN)c1. The van der Waals surface area contributed by atoms with E-state index in [4.69, 9.17) is 14.6 Å². The molecule has 1 aliphatic heterocycles. The maximum atomic E-state index is 14.8. The fraction of sp³-hybridized carbons (Fsp3) is 0.250. The molecule has 0 spiro atoms. The Morgan fingerprint density at radius 1 is 0.808 bits per heavy atom. The summed E-state index contributed by atoms with van der Waals surface area (Å²) in [5.41, 5.74) is -0.472. The van der Waals surface area contributed by atoms with Gasteiger partial charge in [-0.15, -0.1) is 0 Å². The van der Waals surface area contributed by atoms with Crippen LogP contribution in [0, 0.1) is 11.3 Å². The number of likely N-dealkylation sites (tertiary alicyclic amines) is 1. The van der Waals surface area contributed by atoms with E-state index in [9.17, 15) is 29.1 Å². The summed E-state index contributed by atoms with van der Waals surface area (Å²) in [4.78, 5) is 69.5. The van der Waals surface area contributed by atoms with Gasteiger partial charge in [0, 0.05) is 24.4 Å². The fourth-order valence-corrected chi connectivity index (χ4v) is 11.0. The molecule has 0 bridgehead atoms. The number of ketones is 1. The molecule has 3 atom stereocenters. The van der Waals surface area contributed by atoms with Crippen molar-refractivity contribution >= 4 is 68.9 Å². The van der Waals surface area contributed by atoms with E-state index in [0.717, 1.165) is 15.9 Å². The van der Waals surface area contributed by atoms with Gasteiger partial charge in [-0.05, 0) is 61.6 Å². The Kier molecular flexibility index (Phi) is 12.0. The summed E-state index contributed by atoms with van der Waals surface area (Å²) < 4.78 is 11.1. The zero-order valence-corrected chi connectivity index (χ0v) is 31.0. The third-order valence-electron chi connectivity index (χ3n) is 8.86. The third kappa shape index (κ3) is 7.68. The van der Waals surface area contributed by atoms with Gasteiger partial charge in [0.15, 0.2) is 5.78 Å². The Morgan fingerprint density at radius 2 is 1.31 bits per heavy atom. The summed E-state index contributed by atoms with van der Waals surface area (Å²) in [6.07, 6.45) is -1.46. The maximum Gasteiger partial charge on any atom is 0.358 e. The molecule has 3 N–H and O–H groups in total. The lowest BCUT2D eigenvalue weighted by Crippen LogP contribution is -2.68. The Morgan fingerprint density at radius 3 is 1.77 bits per heavy atom. The predicted molar refractivity (Wildman–Crippen MR) is 204 cm³/mol. The van der Waals surface area contributed by atoms with E-state index >= 15 is 0 Å².